The van der Waals surface area contributed by atoms with E-state index in [0.29, 0.717) is 23.4 Å². The summed E-state index contributed by atoms with van der Waals surface area (Å²) in [5.41, 5.74) is 13.8. The van der Waals surface area contributed by atoms with Crippen LogP contribution in [0.4, 0.5) is 5.69 Å². The number of nitrogens with zero attached hydrogens (tertiary/aromatic N) is 5. The number of aliphatic hydroxyl groups excluding tert-OH is 1. The van der Waals surface area contributed by atoms with Crippen molar-refractivity contribution >= 4 is 11.2 Å². The van der Waals surface area contributed by atoms with Crippen LogP contribution in [0.25, 0.3) is 27.8 Å². The van der Waals surface area contributed by atoms with Crippen molar-refractivity contribution in [3.8, 4) is 28.3 Å². The summed E-state index contributed by atoms with van der Waals surface area (Å²) in [5.74, 6) is 0. The van der Waals surface area contributed by atoms with Gasteiger partial charge in [0.25, 0.3) is 0 Å². The molecule has 7 nitrogen and oxygen atoms in total. The average molecular weight is 408 g/mol. The van der Waals surface area contributed by atoms with Gasteiger partial charge in [0.2, 0.25) is 0 Å². The SMILES string of the molecule is C=C(C#N)CN1Cc2c(-c3ccn4ncc(-c5cccnc5)c4c3)ccc(N)c2C1O. The highest BCUT2D eigenvalue weighted by atomic mass is 16.3. The molecular weight excluding hydrogens is 388 g/mol. The maximum absolute atomic E-state index is 10.8. The summed E-state index contributed by atoms with van der Waals surface area (Å²) in [4.78, 5) is 6.02. The number of nitrogen functional groups attached to an aromatic ring is 1. The monoisotopic (exact) mass is 408 g/mol. The smallest absolute Gasteiger partial charge is 0.136 e. The van der Waals surface area contributed by atoms with E-state index in [0.717, 1.165) is 33.3 Å². The largest absolute Gasteiger partial charge is 0.398 e. The molecule has 0 amide bonds. The standard InChI is InChI=1S/C24H20N6O/c1-15(10-25)13-29-14-20-18(4-5-21(26)23(20)24(29)31)16-6-8-30-22(9-16)19(12-28-30)17-3-2-7-27-11-17/h2-9,11-12,24,31H,1,13-14,26H2. The van der Waals surface area contributed by atoms with E-state index in [4.69, 9.17) is 11.0 Å². The van der Waals surface area contributed by atoms with Crippen LogP contribution >= 0.6 is 0 Å². The summed E-state index contributed by atoms with van der Waals surface area (Å²) in [6.07, 6.45) is 6.46. The molecule has 0 fully saturated rings. The van der Waals surface area contributed by atoms with Crippen LogP contribution in [0.15, 0.2) is 73.3 Å². The Hall–Kier alpha value is -3.99. The van der Waals surface area contributed by atoms with E-state index in [1.54, 1.807) is 11.1 Å². The third-order valence-electron chi connectivity index (χ3n) is 5.71. The van der Waals surface area contributed by atoms with Crippen LogP contribution in [0.2, 0.25) is 0 Å². The second kappa shape index (κ2) is 7.36. The maximum atomic E-state index is 10.8. The molecule has 0 saturated carbocycles. The van der Waals surface area contributed by atoms with Crippen molar-refractivity contribution in [1.82, 2.24) is 19.5 Å². The first-order valence-corrected chi connectivity index (χ1v) is 9.86. The Balaban J connectivity index is 1.61. The molecule has 152 valence electrons. The van der Waals surface area contributed by atoms with Crippen molar-refractivity contribution in [2.24, 2.45) is 0 Å². The number of rotatable bonds is 4. The van der Waals surface area contributed by atoms with Crippen molar-refractivity contribution in [2.75, 3.05) is 12.3 Å². The molecule has 3 aromatic heterocycles. The number of aromatic nitrogens is 3. The van der Waals surface area contributed by atoms with Gasteiger partial charge in [-0.2, -0.15) is 10.4 Å². The zero-order valence-electron chi connectivity index (χ0n) is 16.7. The maximum Gasteiger partial charge on any atom is 0.136 e. The minimum Gasteiger partial charge on any atom is -0.398 e. The Morgan fingerprint density at radius 2 is 2.10 bits per heavy atom. The van der Waals surface area contributed by atoms with Crippen molar-refractivity contribution in [2.45, 2.75) is 12.8 Å². The van der Waals surface area contributed by atoms with Crippen LogP contribution in [0.1, 0.15) is 17.4 Å². The normalized spacial score (nSPS) is 15.7. The number of anilines is 1. The highest BCUT2D eigenvalue weighted by Crippen LogP contribution is 2.42. The molecule has 1 unspecified atom stereocenters. The fourth-order valence-electron chi connectivity index (χ4n) is 4.22. The van der Waals surface area contributed by atoms with Gasteiger partial charge < -0.3 is 10.8 Å². The van der Waals surface area contributed by atoms with E-state index >= 15 is 0 Å². The van der Waals surface area contributed by atoms with Gasteiger partial charge in [-0.05, 0) is 41.0 Å². The topological polar surface area (TPSA) is 103 Å². The highest BCUT2D eigenvalue weighted by Gasteiger charge is 2.32. The van der Waals surface area contributed by atoms with Gasteiger partial charge in [0.05, 0.1) is 17.8 Å². The van der Waals surface area contributed by atoms with Gasteiger partial charge >= 0.3 is 0 Å². The first-order chi connectivity index (χ1) is 15.1. The number of hydrogen-bond acceptors (Lipinski definition) is 6. The van der Waals surface area contributed by atoms with Gasteiger partial charge in [-0.15, -0.1) is 0 Å². The molecule has 0 spiro atoms. The molecule has 0 bridgehead atoms. The lowest BCUT2D eigenvalue weighted by atomic mass is 9.95. The van der Waals surface area contributed by atoms with E-state index in [2.05, 4.69) is 22.7 Å². The number of nitrogens with two attached hydrogens (primary N) is 1. The molecule has 0 aliphatic carbocycles. The van der Waals surface area contributed by atoms with Gasteiger partial charge in [-0.1, -0.05) is 18.7 Å². The molecule has 3 N–H and O–H groups in total. The summed E-state index contributed by atoms with van der Waals surface area (Å²) < 4.78 is 1.83. The molecular formula is C24H20N6O. The molecule has 0 saturated heterocycles. The van der Waals surface area contributed by atoms with Crippen LogP contribution in [0.3, 0.4) is 0 Å². The molecule has 5 rings (SSSR count). The third-order valence-corrected chi connectivity index (χ3v) is 5.71. The van der Waals surface area contributed by atoms with E-state index < -0.39 is 6.23 Å². The van der Waals surface area contributed by atoms with Gasteiger partial charge in [0.15, 0.2) is 0 Å². The molecule has 0 radical (unpaired) electrons. The summed E-state index contributed by atoms with van der Waals surface area (Å²) in [6.45, 7) is 4.52. The van der Waals surface area contributed by atoms with Crippen molar-refractivity contribution in [3.63, 3.8) is 0 Å². The Kier molecular flexibility index (Phi) is 4.51. The first-order valence-electron chi connectivity index (χ1n) is 9.86. The number of nitriles is 1. The van der Waals surface area contributed by atoms with Gasteiger partial charge in [-0.25, -0.2) is 4.52 Å². The molecule has 31 heavy (non-hydrogen) atoms. The summed E-state index contributed by atoms with van der Waals surface area (Å²) in [6, 6.07) is 13.9. The van der Waals surface area contributed by atoms with Gasteiger partial charge in [-0.3, -0.25) is 9.88 Å². The average Bonchev–Trinajstić information content (AvgIpc) is 3.36. The van der Waals surface area contributed by atoms with Crippen molar-refractivity contribution in [1.29, 1.82) is 5.26 Å². The van der Waals surface area contributed by atoms with Crippen LogP contribution in [-0.4, -0.2) is 31.1 Å². The zero-order valence-corrected chi connectivity index (χ0v) is 16.7. The fraction of sp³-hybridized carbons (Fsp3) is 0.125. The van der Waals surface area contributed by atoms with Crippen molar-refractivity contribution < 1.29 is 5.11 Å². The number of fused-ring (bicyclic) bond motifs is 2. The van der Waals surface area contributed by atoms with Crippen molar-refractivity contribution in [3.05, 3.63) is 84.5 Å². The Morgan fingerprint density at radius 1 is 1.23 bits per heavy atom. The third kappa shape index (κ3) is 3.15. The van der Waals surface area contributed by atoms with E-state index in [9.17, 15) is 5.11 Å². The first kappa shape index (κ1) is 19.0. The predicted molar refractivity (Wildman–Crippen MR) is 118 cm³/mol. The minimum atomic E-state index is -0.871. The molecule has 7 heteroatoms. The Morgan fingerprint density at radius 3 is 2.87 bits per heavy atom. The lowest BCUT2D eigenvalue weighted by Crippen LogP contribution is -2.24. The summed E-state index contributed by atoms with van der Waals surface area (Å²) >= 11 is 0. The molecule has 4 heterocycles. The van der Waals surface area contributed by atoms with Crippen LogP contribution < -0.4 is 5.73 Å². The predicted octanol–water partition coefficient (Wildman–Crippen LogP) is 3.53. The molecule has 1 aliphatic rings. The second-order valence-electron chi connectivity index (χ2n) is 7.63. The van der Waals surface area contributed by atoms with E-state index in [-0.39, 0.29) is 6.54 Å². The lowest BCUT2D eigenvalue weighted by molar-refractivity contribution is 0.0217. The number of pyridine rings is 2. The Labute approximate surface area is 179 Å². The van der Waals surface area contributed by atoms with Crippen LogP contribution in [0, 0.1) is 11.3 Å². The van der Waals surface area contributed by atoms with Crippen LogP contribution in [-0.2, 0) is 6.54 Å². The van der Waals surface area contributed by atoms with Gasteiger partial charge in [0.1, 0.15) is 6.23 Å². The molecule has 1 atom stereocenters. The molecule has 1 aromatic carbocycles. The second-order valence-corrected chi connectivity index (χ2v) is 7.63. The quantitative estimate of drug-likeness (QED) is 0.395. The molecule has 4 aromatic rings. The lowest BCUT2D eigenvalue weighted by Gasteiger charge is -2.19. The number of benzene rings is 1. The summed E-state index contributed by atoms with van der Waals surface area (Å²) in [7, 11) is 0. The Bertz CT molecular complexity index is 1350. The fourth-order valence-corrected chi connectivity index (χ4v) is 4.22. The van der Waals surface area contributed by atoms with Crippen LogP contribution in [0.5, 0.6) is 0 Å². The minimum absolute atomic E-state index is 0.290. The van der Waals surface area contributed by atoms with E-state index in [1.807, 2.05) is 59.5 Å². The van der Waals surface area contributed by atoms with Gasteiger partial charge in [0, 0.05) is 59.6 Å². The van der Waals surface area contributed by atoms with E-state index in [1.165, 1.54) is 0 Å². The zero-order chi connectivity index (χ0) is 21.5. The number of hydrogen-bond donors (Lipinski definition) is 2. The molecule has 1 aliphatic heterocycles. The highest BCUT2D eigenvalue weighted by molar-refractivity contribution is 5.84. The summed E-state index contributed by atoms with van der Waals surface area (Å²) in [5, 5.41) is 24.4. The number of aliphatic hydroxyl groups is 1.